The minimum Gasteiger partial charge on any atom is -0.454 e. The van der Waals surface area contributed by atoms with Gasteiger partial charge >= 0.3 is 0 Å². The van der Waals surface area contributed by atoms with Gasteiger partial charge in [-0.05, 0) is 42.3 Å². The lowest BCUT2D eigenvalue weighted by Crippen LogP contribution is -2.16. The molecule has 2 heterocycles. The lowest BCUT2D eigenvalue weighted by atomic mass is 10.2. The fraction of sp³-hybridized carbons (Fsp3) is 0.111. The Morgan fingerprint density at radius 2 is 2.08 bits per heavy atom. The number of aryl methyl sites for hydroxylation is 1. The summed E-state index contributed by atoms with van der Waals surface area (Å²) >= 11 is 7.69. The monoisotopic (exact) mass is 372 g/mol. The number of fused-ring (bicyclic) bond motifs is 2. The fourth-order valence-corrected chi connectivity index (χ4v) is 4.03. The molecule has 7 heteroatoms. The number of rotatable bonds is 3. The van der Waals surface area contributed by atoms with Gasteiger partial charge in [-0.2, -0.15) is 5.10 Å². The molecule has 1 aromatic heterocycles. The van der Waals surface area contributed by atoms with E-state index in [1.54, 1.807) is 18.3 Å². The van der Waals surface area contributed by atoms with Crippen LogP contribution in [0.15, 0.2) is 41.5 Å². The lowest BCUT2D eigenvalue weighted by molar-refractivity contribution is 0.0959. The molecule has 126 valence electrons. The summed E-state index contributed by atoms with van der Waals surface area (Å²) in [6.45, 7) is 2.22. The Morgan fingerprint density at radius 3 is 2.96 bits per heavy atom. The Hall–Kier alpha value is -2.57. The van der Waals surface area contributed by atoms with E-state index in [9.17, 15) is 4.79 Å². The zero-order valence-electron chi connectivity index (χ0n) is 13.2. The van der Waals surface area contributed by atoms with Gasteiger partial charge in [0.15, 0.2) is 11.5 Å². The quantitative estimate of drug-likeness (QED) is 0.549. The van der Waals surface area contributed by atoms with Crippen LogP contribution in [0.25, 0.3) is 10.1 Å². The summed E-state index contributed by atoms with van der Waals surface area (Å²) in [7, 11) is 0. The van der Waals surface area contributed by atoms with Gasteiger partial charge in [0.2, 0.25) is 6.79 Å². The normalized spacial score (nSPS) is 12.9. The van der Waals surface area contributed by atoms with Crippen LogP contribution in [0.5, 0.6) is 11.5 Å². The Bertz CT molecular complexity index is 1010. The average molecular weight is 373 g/mol. The summed E-state index contributed by atoms with van der Waals surface area (Å²) in [6, 6.07) is 11.3. The molecule has 0 saturated heterocycles. The van der Waals surface area contributed by atoms with E-state index < -0.39 is 0 Å². The molecule has 0 atom stereocenters. The van der Waals surface area contributed by atoms with Crippen molar-refractivity contribution in [3.05, 3.63) is 57.4 Å². The Kier molecular flexibility index (Phi) is 4.07. The van der Waals surface area contributed by atoms with Gasteiger partial charge in [0.25, 0.3) is 5.91 Å². The second kappa shape index (κ2) is 6.38. The zero-order valence-corrected chi connectivity index (χ0v) is 14.8. The van der Waals surface area contributed by atoms with Crippen molar-refractivity contribution in [2.75, 3.05) is 6.79 Å². The maximum Gasteiger partial charge on any atom is 0.283 e. The highest BCUT2D eigenvalue weighted by Gasteiger charge is 2.17. The van der Waals surface area contributed by atoms with Crippen LogP contribution in [0.2, 0.25) is 5.02 Å². The first-order valence-corrected chi connectivity index (χ1v) is 8.73. The topological polar surface area (TPSA) is 59.9 Å². The van der Waals surface area contributed by atoms with E-state index >= 15 is 0 Å². The molecule has 1 aliphatic heterocycles. The molecule has 4 rings (SSSR count). The third-order valence-electron chi connectivity index (χ3n) is 3.77. The molecule has 2 aromatic carbocycles. The molecule has 0 radical (unpaired) electrons. The molecule has 0 fully saturated rings. The van der Waals surface area contributed by atoms with Crippen LogP contribution in [-0.4, -0.2) is 18.9 Å². The zero-order chi connectivity index (χ0) is 17.4. The molecule has 0 spiro atoms. The SMILES string of the molecule is Cc1ccc2c(Cl)c(C(=O)NN=Cc3ccc4c(c3)OCO4)sc2c1. The van der Waals surface area contributed by atoms with Gasteiger partial charge in [0.05, 0.1) is 11.2 Å². The number of carbonyl (C=O) groups excluding carboxylic acids is 1. The number of nitrogens with one attached hydrogen (secondary N) is 1. The molecular formula is C18H13ClN2O3S. The first-order valence-electron chi connectivity index (χ1n) is 7.53. The number of hydrogen-bond acceptors (Lipinski definition) is 5. The van der Waals surface area contributed by atoms with Crippen LogP contribution in [-0.2, 0) is 0 Å². The van der Waals surface area contributed by atoms with Gasteiger partial charge in [-0.15, -0.1) is 11.3 Å². The number of hydrogen-bond donors (Lipinski definition) is 1. The maximum absolute atomic E-state index is 12.4. The summed E-state index contributed by atoms with van der Waals surface area (Å²) in [6.07, 6.45) is 1.55. The van der Waals surface area contributed by atoms with Crippen molar-refractivity contribution in [2.45, 2.75) is 6.92 Å². The first-order chi connectivity index (χ1) is 12.1. The highest BCUT2D eigenvalue weighted by molar-refractivity contribution is 7.21. The highest BCUT2D eigenvalue weighted by atomic mass is 35.5. The van der Waals surface area contributed by atoms with E-state index in [-0.39, 0.29) is 12.7 Å². The van der Waals surface area contributed by atoms with Crippen LogP contribution in [0.3, 0.4) is 0 Å². The Morgan fingerprint density at radius 1 is 1.24 bits per heavy atom. The van der Waals surface area contributed by atoms with Crippen molar-refractivity contribution in [1.29, 1.82) is 0 Å². The third-order valence-corrected chi connectivity index (χ3v) is 5.42. The fourth-order valence-electron chi connectivity index (χ4n) is 2.53. The van der Waals surface area contributed by atoms with E-state index in [0.717, 1.165) is 21.2 Å². The number of benzene rings is 2. The number of carbonyl (C=O) groups is 1. The van der Waals surface area contributed by atoms with Gasteiger partial charge in [-0.25, -0.2) is 5.43 Å². The Labute approximate surface area is 152 Å². The van der Waals surface area contributed by atoms with Crippen molar-refractivity contribution < 1.29 is 14.3 Å². The summed E-state index contributed by atoms with van der Waals surface area (Å²) in [4.78, 5) is 12.8. The van der Waals surface area contributed by atoms with Gasteiger partial charge in [-0.1, -0.05) is 23.7 Å². The number of amides is 1. The summed E-state index contributed by atoms with van der Waals surface area (Å²) in [5.74, 6) is 1.03. The Balaban J connectivity index is 1.51. The molecule has 0 bridgehead atoms. The number of halogens is 1. The van der Waals surface area contributed by atoms with Crippen LogP contribution in [0.1, 0.15) is 20.8 Å². The average Bonchev–Trinajstić information content (AvgIpc) is 3.18. The smallest absolute Gasteiger partial charge is 0.283 e. The second-order valence-corrected chi connectivity index (χ2v) is 6.99. The van der Waals surface area contributed by atoms with Crippen molar-refractivity contribution >= 4 is 45.1 Å². The van der Waals surface area contributed by atoms with Crippen molar-refractivity contribution in [3.8, 4) is 11.5 Å². The van der Waals surface area contributed by atoms with Crippen LogP contribution >= 0.6 is 22.9 Å². The van der Waals surface area contributed by atoms with E-state index in [0.29, 0.717) is 21.4 Å². The second-order valence-electron chi connectivity index (χ2n) is 5.56. The summed E-state index contributed by atoms with van der Waals surface area (Å²) < 4.78 is 11.5. The minimum atomic E-state index is -0.333. The van der Waals surface area contributed by atoms with E-state index in [4.69, 9.17) is 21.1 Å². The van der Waals surface area contributed by atoms with Gasteiger partial charge < -0.3 is 9.47 Å². The number of nitrogens with zero attached hydrogens (tertiary/aromatic N) is 1. The van der Waals surface area contributed by atoms with E-state index in [1.807, 2.05) is 31.2 Å². The van der Waals surface area contributed by atoms with E-state index in [2.05, 4.69) is 10.5 Å². The molecule has 25 heavy (non-hydrogen) atoms. The number of thiophene rings is 1. The van der Waals surface area contributed by atoms with Gasteiger partial charge in [0, 0.05) is 10.1 Å². The summed E-state index contributed by atoms with van der Waals surface area (Å²) in [5, 5.41) is 5.33. The standard InChI is InChI=1S/C18H13ClN2O3S/c1-10-2-4-12-15(6-10)25-17(16(12)19)18(22)21-20-8-11-3-5-13-14(7-11)24-9-23-13/h2-8H,9H2,1H3,(H,21,22). The third kappa shape index (κ3) is 3.06. The van der Waals surface area contributed by atoms with Gasteiger partial charge in [-0.3, -0.25) is 4.79 Å². The highest BCUT2D eigenvalue weighted by Crippen LogP contribution is 2.35. The molecule has 0 aliphatic carbocycles. The van der Waals surface area contributed by atoms with E-state index in [1.165, 1.54) is 11.3 Å². The van der Waals surface area contributed by atoms with Crippen LogP contribution in [0, 0.1) is 6.92 Å². The van der Waals surface area contributed by atoms with Crippen LogP contribution in [0.4, 0.5) is 0 Å². The maximum atomic E-state index is 12.4. The molecule has 1 N–H and O–H groups in total. The molecule has 0 unspecified atom stereocenters. The lowest BCUT2D eigenvalue weighted by Gasteiger charge is -1.99. The summed E-state index contributed by atoms with van der Waals surface area (Å²) in [5.41, 5.74) is 4.43. The van der Waals surface area contributed by atoms with Crippen molar-refractivity contribution in [3.63, 3.8) is 0 Å². The predicted octanol–water partition coefficient (Wildman–Crippen LogP) is 4.36. The van der Waals surface area contributed by atoms with Gasteiger partial charge in [0.1, 0.15) is 4.88 Å². The minimum absolute atomic E-state index is 0.219. The van der Waals surface area contributed by atoms with Crippen LogP contribution < -0.4 is 14.9 Å². The predicted molar refractivity (Wildman–Crippen MR) is 99.2 cm³/mol. The number of hydrazone groups is 1. The largest absolute Gasteiger partial charge is 0.454 e. The molecule has 1 aliphatic rings. The van der Waals surface area contributed by atoms with Crippen molar-refractivity contribution in [2.24, 2.45) is 5.10 Å². The molecule has 0 saturated carbocycles. The van der Waals surface area contributed by atoms with Crippen molar-refractivity contribution in [1.82, 2.24) is 5.43 Å². The molecule has 3 aromatic rings. The molecular weight excluding hydrogens is 360 g/mol. The molecule has 5 nitrogen and oxygen atoms in total. The number of ether oxygens (including phenoxy) is 2. The molecule has 1 amide bonds. The first kappa shape index (κ1) is 15.9.